The van der Waals surface area contributed by atoms with Crippen LogP contribution in [0.15, 0.2) is 24.3 Å². The molecule has 0 amide bonds. The molecule has 1 aliphatic carbocycles. The summed E-state index contributed by atoms with van der Waals surface area (Å²) in [5.74, 6) is 0. The van der Waals surface area contributed by atoms with E-state index >= 15 is 0 Å². The van der Waals surface area contributed by atoms with Crippen LogP contribution in [0.2, 0.25) is 0 Å². The highest BCUT2D eigenvalue weighted by atomic mass is 32.1. The van der Waals surface area contributed by atoms with Gasteiger partial charge in [-0.1, -0.05) is 24.3 Å². The Hall–Kier alpha value is -1.35. The third-order valence-corrected chi connectivity index (χ3v) is 3.77. The van der Waals surface area contributed by atoms with Gasteiger partial charge in [0.05, 0.1) is 5.69 Å². The zero-order valence-electron chi connectivity index (χ0n) is 10.4. The van der Waals surface area contributed by atoms with Crippen LogP contribution in [-0.4, -0.2) is 10.5 Å². The average molecular weight is 244 g/mol. The van der Waals surface area contributed by atoms with Crippen LogP contribution in [-0.2, 0) is 6.42 Å². The van der Waals surface area contributed by atoms with Gasteiger partial charge in [-0.05, 0) is 26.3 Å². The van der Waals surface area contributed by atoms with E-state index < -0.39 is 0 Å². The van der Waals surface area contributed by atoms with Crippen molar-refractivity contribution in [2.75, 3.05) is 5.32 Å². The highest BCUT2D eigenvalue weighted by molar-refractivity contribution is 7.16. The summed E-state index contributed by atoms with van der Waals surface area (Å²) in [6, 6.07) is 8.55. The van der Waals surface area contributed by atoms with Gasteiger partial charge in [-0.3, -0.25) is 0 Å². The lowest BCUT2D eigenvalue weighted by Gasteiger charge is -2.19. The Balaban J connectivity index is 1.98. The molecule has 2 nitrogen and oxygen atoms in total. The third kappa shape index (κ3) is 1.95. The molecular formula is C14H16N2S. The van der Waals surface area contributed by atoms with E-state index in [0.29, 0.717) is 0 Å². The number of hydrogen-bond donors (Lipinski definition) is 1. The molecule has 0 bridgehead atoms. The smallest absolute Gasteiger partial charge is 0.183 e. The number of rotatable bonds is 1. The van der Waals surface area contributed by atoms with E-state index in [0.717, 1.165) is 11.6 Å². The molecule has 0 unspecified atom stereocenters. The fourth-order valence-corrected chi connectivity index (χ4v) is 3.34. The average Bonchev–Trinajstić information content (AvgIpc) is 2.71. The van der Waals surface area contributed by atoms with E-state index in [2.05, 4.69) is 50.4 Å². The highest BCUT2D eigenvalue weighted by Gasteiger charge is 2.23. The van der Waals surface area contributed by atoms with Gasteiger partial charge in [0.25, 0.3) is 0 Å². The van der Waals surface area contributed by atoms with Gasteiger partial charge in [-0.15, -0.1) is 11.3 Å². The Morgan fingerprint density at radius 1 is 1.24 bits per heavy atom. The summed E-state index contributed by atoms with van der Waals surface area (Å²) in [5, 5.41) is 4.49. The third-order valence-electron chi connectivity index (χ3n) is 2.80. The van der Waals surface area contributed by atoms with Crippen LogP contribution in [0, 0.1) is 0 Å². The van der Waals surface area contributed by atoms with Crippen LogP contribution >= 0.6 is 11.3 Å². The molecule has 0 radical (unpaired) electrons. The van der Waals surface area contributed by atoms with E-state index in [-0.39, 0.29) is 5.54 Å². The molecule has 1 aromatic heterocycles. The van der Waals surface area contributed by atoms with E-state index in [1.165, 1.54) is 21.7 Å². The predicted octanol–water partition coefficient (Wildman–Crippen LogP) is 3.92. The van der Waals surface area contributed by atoms with Crippen molar-refractivity contribution in [3.05, 3.63) is 34.7 Å². The zero-order valence-corrected chi connectivity index (χ0v) is 11.2. The fourth-order valence-electron chi connectivity index (χ4n) is 2.13. The van der Waals surface area contributed by atoms with Crippen molar-refractivity contribution < 1.29 is 0 Å². The van der Waals surface area contributed by atoms with Crippen molar-refractivity contribution in [1.29, 1.82) is 0 Å². The molecule has 17 heavy (non-hydrogen) atoms. The topological polar surface area (TPSA) is 24.9 Å². The van der Waals surface area contributed by atoms with Gasteiger partial charge in [0, 0.05) is 22.4 Å². The maximum atomic E-state index is 4.72. The first-order chi connectivity index (χ1) is 8.03. The monoisotopic (exact) mass is 244 g/mol. The molecule has 0 aliphatic heterocycles. The molecule has 2 aromatic rings. The van der Waals surface area contributed by atoms with E-state index in [9.17, 15) is 0 Å². The number of thiazole rings is 1. The number of hydrogen-bond acceptors (Lipinski definition) is 3. The molecule has 0 saturated carbocycles. The van der Waals surface area contributed by atoms with E-state index in [1.807, 2.05) is 0 Å². The quantitative estimate of drug-likeness (QED) is 0.701. The maximum Gasteiger partial charge on any atom is 0.183 e. The summed E-state index contributed by atoms with van der Waals surface area (Å²) in [5.41, 5.74) is 3.96. The van der Waals surface area contributed by atoms with Gasteiger partial charge in [0.15, 0.2) is 5.13 Å². The largest absolute Gasteiger partial charge is 0.357 e. The number of fused-ring (bicyclic) bond motifs is 3. The summed E-state index contributed by atoms with van der Waals surface area (Å²) in [6.07, 6.45) is 1.04. The lowest BCUT2D eigenvalue weighted by molar-refractivity contribution is 0.633. The molecule has 1 aromatic carbocycles. The Labute approximate surface area is 106 Å². The van der Waals surface area contributed by atoms with Gasteiger partial charge in [-0.25, -0.2) is 4.98 Å². The second-order valence-corrected chi connectivity index (χ2v) is 6.58. The van der Waals surface area contributed by atoms with Gasteiger partial charge in [0.1, 0.15) is 0 Å². The Morgan fingerprint density at radius 2 is 2.00 bits per heavy atom. The van der Waals surface area contributed by atoms with Crippen LogP contribution in [0.4, 0.5) is 5.13 Å². The van der Waals surface area contributed by atoms with Crippen molar-refractivity contribution in [1.82, 2.24) is 4.98 Å². The van der Waals surface area contributed by atoms with Gasteiger partial charge in [0.2, 0.25) is 0 Å². The number of nitrogens with one attached hydrogen (secondary N) is 1. The summed E-state index contributed by atoms with van der Waals surface area (Å²) in [7, 11) is 0. The number of aromatic nitrogens is 1. The maximum absolute atomic E-state index is 4.72. The minimum absolute atomic E-state index is 0.0745. The molecular weight excluding hydrogens is 228 g/mol. The lowest BCUT2D eigenvalue weighted by atomic mass is 10.1. The zero-order chi connectivity index (χ0) is 12.0. The lowest BCUT2D eigenvalue weighted by Crippen LogP contribution is -2.25. The first-order valence-electron chi connectivity index (χ1n) is 5.89. The molecule has 3 heteroatoms. The number of nitrogens with zero attached hydrogens (tertiary/aromatic N) is 1. The highest BCUT2D eigenvalue weighted by Crippen LogP contribution is 2.41. The minimum Gasteiger partial charge on any atom is -0.357 e. The van der Waals surface area contributed by atoms with Crippen LogP contribution < -0.4 is 5.32 Å². The van der Waals surface area contributed by atoms with Gasteiger partial charge >= 0.3 is 0 Å². The summed E-state index contributed by atoms with van der Waals surface area (Å²) in [4.78, 5) is 6.11. The molecule has 88 valence electrons. The Bertz CT molecular complexity index is 564. The molecule has 1 aliphatic rings. The normalized spacial score (nSPS) is 13.4. The summed E-state index contributed by atoms with van der Waals surface area (Å²) >= 11 is 1.78. The summed E-state index contributed by atoms with van der Waals surface area (Å²) < 4.78 is 0. The van der Waals surface area contributed by atoms with Crippen molar-refractivity contribution in [3.8, 4) is 11.3 Å². The molecule has 0 atom stereocenters. The Morgan fingerprint density at radius 3 is 2.76 bits per heavy atom. The van der Waals surface area contributed by atoms with E-state index in [1.54, 1.807) is 11.3 Å². The molecule has 1 N–H and O–H groups in total. The SMILES string of the molecule is CC(C)(C)Nc1nc2c(s1)Cc1ccccc1-2. The fraction of sp³-hybridized carbons (Fsp3) is 0.357. The van der Waals surface area contributed by atoms with Crippen LogP contribution in [0.1, 0.15) is 31.2 Å². The minimum atomic E-state index is 0.0745. The standard InChI is InChI=1S/C14H16N2S/c1-14(2,3)16-13-15-12-10-7-5-4-6-9(10)8-11(12)17-13/h4-7H,8H2,1-3H3,(H,15,16). The first kappa shape index (κ1) is 10.8. The number of benzene rings is 1. The van der Waals surface area contributed by atoms with Crippen molar-refractivity contribution >= 4 is 16.5 Å². The molecule has 1 heterocycles. The van der Waals surface area contributed by atoms with Crippen molar-refractivity contribution in [3.63, 3.8) is 0 Å². The molecule has 3 rings (SSSR count). The number of anilines is 1. The van der Waals surface area contributed by atoms with Crippen LogP contribution in [0.5, 0.6) is 0 Å². The second-order valence-electron chi connectivity index (χ2n) is 5.50. The van der Waals surface area contributed by atoms with E-state index in [4.69, 9.17) is 4.98 Å². The van der Waals surface area contributed by atoms with Crippen molar-refractivity contribution in [2.24, 2.45) is 0 Å². The van der Waals surface area contributed by atoms with Crippen LogP contribution in [0.25, 0.3) is 11.3 Å². The van der Waals surface area contributed by atoms with Crippen LogP contribution in [0.3, 0.4) is 0 Å². The molecule has 0 spiro atoms. The van der Waals surface area contributed by atoms with Gasteiger partial charge < -0.3 is 5.32 Å². The van der Waals surface area contributed by atoms with Crippen molar-refractivity contribution in [2.45, 2.75) is 32.7 Å². The second kappa shape index (κ2) is 3.57. The van der Waals surface area contributed by atoms with Gasteiger partial charge in [-0.2, -0.15) is 0 Å². The summed E-state index contributed by atoms with van der Waals surface area (Å²) in [6.45, 7) is 6.48. The molecule has 0 saturated heterocycles. The predicted molar refractivity (Wildman–Crippen MR) is 73.7 cm³/mol. The molecule has 0 fully saturated rings. The first-order valence-corrected chi connectivity index (χ1v) is 6.71. The Kier molecular flexibility index (Phi) is 2.26.